The van der Waals surface area contributed by atoms with E-state index < -0.39 is 23.4 Å². The molecule has 0 saturated carbocycles. The van der Waals surface area contributed by atoms with Gasteiger partial charge in [0.15, 0.2) is 0 Å². The van der Waals surface area contributed by atoms with Gasteiger partial charge in [-0.05, 0) is 66.2 Å². The fourth-order valence-electron chi connectivity index (χ4n) is 3.63. The van der Waals surface area contributed by atoms with E-state index in [1.54, 1.807) is 0 Å². The monoisotopic (exact) mass is 459 g/mol. The second-order valence-electron chi connectivity index (χ2n) is 10.3. The zero-order valence-corrected chi connectivity index (χ0v) is 20.7. The molecule has 1 aromatic rings. The minimum absolute atomic E-state index is 0.224. The molecule has 0 atom stereocenters. The lowest BCUT2D eigenvalue weighted by Gasteiger charge is -2.37. The number of hydrogen-bond acceptors (Lipinski definition) is 7. The summed E-state index contributed by atoms with van der Waals surface area (Å²) in [5.74, 6) is 0.224. The predicted molar refractivity (Wildman–Crippen MR) is 129 cm³/mol. The number of nitrogens with one attached hydrogen (secondary N) is 1. The summed E-state index contributed by atoms with van der Waals surface area (Å²) < 4.78 is 11.2. The van der Waals surface area contributed by atoms with Crippen molar-refractivity contribution in [3.63, 3.8) is 0 Å². The average molecular weight is 460 g/mol. The van der Waals surface area contributed by atoms with E-state index in [0.29, 0.717) is 25.2 Å². The number of rotatable bonds is 2. The summed E-state index contributed by atoms with van der Waals surface area (Å²) in [5, 5.41) is 3.35. The summed E-state index contributed by atoms with van der Waals surface area (Å²) in [5.41, 5.74) is 0.379. The number of carbonyl (C=O) groups excluding carboxylic acids is 2. The van der Waals surface area contributed by atoms with Crippen LogP contribution >= 0.6 is 0 Å². The van der Waals surface area contributed by atoms with Gasteiger partial charge in [-0.25, -0.2) is 24.4 Å². The molecule has 2 aliphatic heterocycles. The third-order valence-electron chi connectivity index (χ3n) is 5.02. The molecule has 0 bridgehead atoms. The Morgan fingerprint density at radius 3 is 1.94 bits per heavy atom. The predicted octanol–water partition coefficient (Wildman–Crippen LogP) is 3.96. The Labute approximate surface area is 196 Å². The molecule has 2 heterocycles. The Hall–Kier alpha value is -2.81. The Balaban J connectivity index is 1.96. The molecule has 2 aliphatic rings. The third kappa shape index (κ3) is 7.08. The first-order valence-electron chi connectivity index (χ1n) is 11.6. The van der Waals surface area contributed by atoms with E-state index in [1.165, 1.54) is 9.80 Å². The van der Waals surface area contributed by atoms with Crippen LogP contribution in [0.1, 0.15) is 48.0 Å². The Morgan fingerprint density at radius 1 is 0.879 bits per heavy atom. The molecule has 0 aliphatic carbocycles. The van der Waals surface area contributed by atoms with E-state index in [2.05, 4.69) is 10.2 Å². The molecule has 2 amide bonds. The van der Waals surface area contributed by atoms with E-state index >= 15 is 0 Å². The SMILES string of the molecule is CC(C)(C)OC(=O)N1CCCN(C(=O)OC(C)(C)C)C1=Nc1cccc(N2CCNCC2)c1. The zero-order chi connectivity index (χ0) is 24.2. The van der Waals surface area contributed by atoms with Crippen molar-refractivity contribution in [2.45, 2.75) is 59.2 Å². The molecule has 9 heteroatoms. The minimum Gasteiger partial charge on any atom is -0.443 e. The largest absolute Gasteiger partial charge is 0.443 e. The van der Waals surface area contributed by atoms with Crippen LogP contribution in [-0.2, 0) is 9.47 Å². The molecule has 3 rings (SSSR count). The van der Waals surface area contributed by atoms with Crippen molar-refractivity contribution < 1.29 is 19.1 Å². The summed E-state index contributed by atoms with van der Waals surface area (Å²) in [7, 11) is 0. The van der Waals surface area contributed by atoms with Gasteiger partial charge in [-0.1, -0.05) is 6.07 Å². The number of carbonyl (C=O) groups is 2. The minimum atomic E-state index is -0.668. The van der Waals surface area contributed by atoms with Crippen LogP contribution in [0.15, 0.2) is 29.3 Å². The van der Waals surface area contributed by atoms with Gasteiger partial charge in [0.25, 0.3) is 0 Å². The lowest BCUT2D eigenvalue weighted by atomic mass is 10.2. The molecule has 0 spiro atoms. The van der Waals surface area contributed by atoms with Crippen LogP contribution in [0.4, 0.5) is 21.0 Å². The number of guanidine groups is 1. The molecule has 0 radical (unpaired) electrons. The lowest BCUT2D eigenvalue weighted by molar-refractivity contribution is 0.0225. The smallest absolute Gasteiger partial charge is 0.417 e. The van der Waals surface area contributed by atoms with Gasteiger partial charge in [-0.15, -0.1) is 0 Å². The molecule has 182 valence electrons. The number of aliphatic imine (C=N–C) groups is 1. The van der Waals surface area contributed by atoms with Crippen LogP contribution in [0.5, 0.6) is 0 Å². The van der Waals surface area contributed by atoms with E-state index in [0.717, 1.165) is 31.9 Å². The van der Waals surface area contributed by atoms with Crippen molar-refractivity contribution in [2.24, 2.45) is 4.99 Å². The normalized spacial score (nSPS) is 17.6. The van der Waals surface area contributed by atoms with Crippen LogP contribution in [0, 0.1) is 0 Å². The molecular formula is C24H37N5O4. The molecule has 0 unspecified atom stereocenters. The second kappa shape index (κ2) is 9.99. The van der Waals surface area contributed by atoms with Gasteiger partial charge >= 0.3 is 12.2 Å². The van der Waals surface area contributed by atoms with Crippen LogP contribution in [-0.4, -0.2) is 78.4 Å². The highest BCUT2D eigenvalue weighted by atomic mass is 16.6. The van der Waals surface area contributed by atoms with Crippen molar-refractivity contribution in [2.75, 3.05) is 44.2 Å². The maximum atomic E-state index is 13.0. The number of nitrogens with zero attached hydrogens (tertiary/aromatic N) is 4. The van der Waals surface area contributed by atoms with Crippen LogP contribution in [0.25, 0.3) is 0 Å². The van der Waals surface area contributed by atoms with E-state index in [1.807, 2.05) is 65.8 Å². The van der Waals surface area contributed by atoms with E-state index in [9.17, 15) is 9.59 Å². The van der Waals surface area contributed by atoms with Crippen molar-refractivity contribution in [1.82, 2.24) is 15.1 Å². The van der Waals surface area contributed by atoms with Gasteiger partial charge in [0.1, 0.15) is 11.2 Å². The topological polar surface area (TPSA) is 86.7 Å². The van der Waals surface area contributed by atoms with Gasteiger partial charge < -0.3 is 19.7 Å². The molecule has 2 fully saturated rings. The molecule has 2 saturated heterocycles. The van der Waals surface area contributed by atoms with Crippen molar-refractivity contribution in [3.05, 3.63) is 24.3 Å². The standard InChI is InChI=1S/C24H37N5O4/c1-23(2,3)32-21(30)28-13-8-14-29(22(31)33-24(4,5)6)20(28)26-18-9-7-10-19(17-18)27-15-11-25-12-16-27/h7,9-10,17,25H,8,11-16H2,1-6H3. The van der Waals surface area contributed by atoms with Gasteiger partial charge in [0.05, 0.1) is 5.69 Å². The maximum absolute atomic E-state index is 13.0. The van der Waals surface area contributed by atoms with Gasteiger partial charge in [-0.2, -0.15) is 0 Å². The van der Waals surface area contributed by atoms with E-state index in [4.69, 9.17) is 14.5 Å². The van der Waals surface area contributed by atoms with Gasteiger partial charge in [0, 0.05) is 45.0 Å². The van der Waals surface area contributed by atoms with E-state index in [-0.39, 0.29) is 5.96 Å². The summed E-state index contributed by atoms with van der Waals surface area (Å²) >= 11 is 0. The summed E-state index contributed by atoms with van der Waals surface area (Å²) in [6.45, 7) is 15.4. The first kappa shape index (κ1) is 24.8. The number of benzene rings is 1. The number of hydrogen-bond donors (Lipinski definition) is 1. The van der Waals surface area contributed by atoms with Crippen molar-refractivity contribution >= 4 is 29.5 Å². The highest BCUT2D eigenvalue weighted by Gasteiger charge is 2.37. The summed E-state index contributed by atoms with van der Waals surface area (Å²) in [4.78, 5) is 35.9. The Kier molecular flexibility index (Phi) is 7.51. The number of amides is 2. The van der Waals surface area contributed by atoms with Crippen molar-refractivity contribution in [3.8, 4) is 0 Å². The molecule has 9 nitrogen and oxygen atoms in total. The van der Waals surface area contributed by atoms with Crippen LogP contribution in [0.3, 0.4) is 0 Å². The fraction of sp³-hybridized carbons (Fsp3) is 0.625. The number of ether oxygens (including phenoxy) is 2. The lowest BCUT2D eigenvalue weighted by Crippen LogP contribution is -2.56. The third-order valence-corrected chi connectivity index (χ3v) is 5.02. The molecule has 1 N–H and O–H groups in total. The quantitative estimate of drug-likeness (QED) is 0.720. The van der Waals surface area contributed by atoms with Crippen LogP contribution in [0.2, 0.25) is 0 Å². The fourth-order valence-corrected chi connectivity index (χ4v) is 3.63. The van der Waals surface area contributed by atoms with Gasteiger partial charge in [0.2, 0.25) is 5.96 Å². The first-order valence-corrected chi connectivity index (χ1v) is 11.6. The zero-order valence-electron chi connectivity index (χ0n) is 20.7. The summed E-state index contributed by atoms with van der Waals surface area (Å²) in [6, 6.07) is 7.84. The Bertz CT molecular complexity index is 844. The maximum Gasteiger partial charge on any atom is 0.417 e. The van der Waals surface area contributed by atoms with Crippen LogP contribution < -0.4 is 10.2 Å². The molecular weight excluding hydrogens is 422 g/mol. The summed E-state index contributed by atoms with van der Waals surface area (Å²) in [6.07, 6.45) is -0.473. The average Bonchev–Trinajstić information content (AvgIpc) is 2.72. The second-order valence-corrected chi connectivity index (χ2v) is 10.3. The highest BCUT2D eigenvalue weighted by molar-refractivity contribution is 6.03. The van der Waals surface area contributed by atoms with Gasteiger partial charge in [-0.3, -0.25) is 0 Å². The number of piperazine rings is 1. The first-order chi connectivity index (χ1) is 15.4. The van der Waals surface area contributed by atoms with Crippen molar-refractivity contribution in [1.29, 1.82) is 0 Å². The highest BCUT2D eigenvalue weighted by Crippen LogP contribution is 2.25. The molecule has 0 aromatic heterocycles. The Morgan fingerprint density at radius 2 is 1.42 bits per heavy atom. The molecule has 33 heavy (non-hydrogen) atoms. The molecule has 1 aromatic carbocycles. The number of anilines is 1.